The fourth-order valence-corrected chi connectivity index (χ4v) is 6.84. The summed E-state index contributed by atoms with van der Waals surface area (Å²) in [5.74, 6) is -0.422. The number of tetrazole rings is 1. The van der Waals surface area contributed by atoms with E-state index in [2.05, 4.69) is 73.9 Å². The smallest absolute Gasteiger partial charge is 0.453 e. The van der Waals surface area contributed by atoms with Crippen LogP contribution in [0.1, 0.15) is 41.8 Å². The summed E-state index contributed by atoms with van der Waals surface area (Å²) in [6, 6.07) is 25.9. The van der Waals surface area contributed by atoms with Gasteiger partial charge in [0, 0.05) is 69.3 Å². The lowest BCUT2D eigenvalue weighted by Crippen LogP contribution is -2.67. The predicted octanol–water partition coefficient (Wildman–Crippen LogP) is 4.63. The molecule has 2 aliphatic rings. The van der Waals surface area contributed by atoms with E-state index in [4.69, 9.17) is 4.74 Å². The number of hydrogen-bond acceptors (Lipinski definition) is 7. The van der Waals surface area contributed by atoms with Crippen LogP contribution < -0.4 is 4.74 Å². The molecule has 0 bridgehead atoms. The van der Waals surface area contributed by atoms with Crippen LogP contribution in [0, 0.1) is 0 Å². The first-order valence-electron chi connectivity index (χ1n) is 15.2. The maximum absolute atomic E-state index is 13.6. The van der Waals surface area contributed by atoms with Gasteiger partial charge in [-0.1, -0.05) is 67.6 Å². The number of halogens is 3. The maximum atomic E-state index is 13.6. The summed E-state index contributed by atoms with van der Waals surface area (Å²) in [6.07, 6.45) is -4.25. The van der Waals surface area contributed by atoms with Gasteiger partial charge in [-0.15, -0.1) is 5.10 Å². The van der Waals surface area contributed by atoms with E-state index in [0.717, 1.165) is 12.1 Å². The summed E-state index contributed by atoms with van der Waals surface area (Å²) in [6.45, 7) is 5.78. The number of rotatable bonds is 8. The van der Waals surface area contributed by atoms with E-state index in [1.54, 1.807) is 19.2 Å². The van der Waals surface area contributed by atoms with Crippen molar-refractivity contribution in [2.24, 2.45) is 0 Å². The number of alkyl halides is 3. The Morgan fingerprint density at radius 3 is 2.27 bits per heavy atom. The molecule has 0 aliphatic carbocycles. The molecule has 12 heteroatoms. The van der Waals surface area contributed by atoms with Crippen LogP contribution in [-0.2, 0) is 17.5 Å². The largest absolute Gasteiger partial charge is 0.496 e. The van der Waals surface area contributed by atoms with Crippen LogP contribution in [0.25, 0.3) is 5.69 Å². The highest BCUT2D eigenvalue weighted by molar-refractivity contribution is 5.76. The Morgan fingerprint density at radius 2 is 1.64 bits per heavy atom. The van der Waals surface area contributed by atoms with Crippen molar-refractivity contribution < 1.29 is 22.7 Å². The van der Waals surface area contributed by atoms with Crippen molar-refractivity contribution in [2.45, 2.75) is 44.1 Å². The number of benzene rings is 3. The molecule has 45 heavy (non-hydrogen) atoms. The highest BCUT2D eigenvalue weighted by Gasteiger charge is 2.43. The minimum atomic E-state index is -4.71. The van der Waals surface area contributed by atoms with E-state index in [-0.39, 0.29) is 29.6 Å². The molecule has 3 aromatic carbocycles. The Labute approximate surface area is 260 Å². The predicted molar refractivity (Wildman–Crippen MR) is 162 cm³/mol. The van der Waals surface area contributed by atoms with Crippen LogP contribution in [0.3, 0.4) is 0 Å². The van der Waals surface area contributed by atoms with Gasteiger partial charge in [0.05, 0.1) is 12.8 Å². The van der Waals surface area contributed by atoms with Crippen LogP contribution in [-0.4, -0.2) is 92.7 Å². The van der Waals surface area contributed by atoms with Crippen LogP contribution in [0.2, 0.25) is 0 Å². The summed E-state index contributed by atoms with van der Waals surface area (Å²) in [7, 11) is 1.55. The number of aromatic nitrogens is 4. The van der Waals surface area contributed by atoms with E-state index >= 15 is 0 Å². The maximum Gasteiger partial charge on any atom is 0.453 e. The second-order valence-electron chi connectivity index (χ2n) is 11.6. The molecule has 6 rings (SSSR count). The average molecular weight is 620 g/mol. The van der Waals surface area contributed by atoms with Crippen molar-refractivity contribution in [3.05, 3.63) is 101 Å². The van der Waals surface area contributed by atoms with Gasteiger partial charge < -0.3 is 9.64 Å². The van der Waals surface area contributed by atoms with Crippen LogP contribution in [0.4, 0.5) is 13.2 Å². The fraction of sp³-hybridized carbons (Fsp3) is 0.394. The van der Waals surface area contributed by atoms with Crippen molar-refractivity contribution in [1.82, 2.24) is 34.9 Å². The standard InChI is InChI=1S/C33H36F3N7O2/c1-3-30(44)41-16-17-42-27(21-41)20-40(22-28(42)31(23-10-6-4-7-11-23)24-12-8-5-9-13-24)19-25-18-26(14-15-29(25)45-2)43-32(33(34,35)36)37-38-39-43/h4-15,18,27-28,31H,3,16-17,19-22H2,1-2H3/t27-,28?/m1/s1. The van der Waals surface area contributed by atoms with Crippen molar-refractivity contribution >= 4 is 5.91 Å². The van der Waals surface area contributed by atoms with Gasteiger partial charge in [-0.05, 0) is 39.8 Å². The molecular formula is C33H36F3N7O2. The van der Waals surface area contributed by atoms with Crippen LogP contribution >= 0.6 is 0 Å². The number of methoxy groups -OCH3 is 1. The summed E-state index contributed by atoms with van der Waals surface area (Å²) in [5.41, 5.74) is 3.33. The van der Waals surface area contributed by atoms with E-state index in [1.807, 2.05) is 24.0 Å². The van der Waals surface area contributed by atoms with Gasteiger partial charge in [-0.3, -0.25) is 14.6 Å². The Bertz CT molecular complexity index is 1560. The van der Waals surface area contributed by atoms with Gasteiger partial charge in [0.2, 0.25) is 5.91 Å². The first-order valence-corrected chi connectivity index (χ1v) is 15.2. The summed E-state index contributed by atoms with van der Waals surface area (Å²) in [4.78, 5) is 19.6. The highest BCUT2D eigenvalue weighted by atomic mass is 19.4. The number of piperazine rings is 2. The molecule has 9 nitrogen and oxygen atoms in total. The average Bonchev–Trinajstić information content (AvgIpc) is 3.57. The number of carbonyl (C=O) groups excluding carboxylic acids is 1. The molecular weight excluding hydrogens is 583 g/mol. The molecule has 1 unspecified atom stereocenters. The first-order chi connectivity index (χ1) is 21.8. The molecule has 0 radical (unpaired) electrons. The third-order valence-corrected chi connectivity index (χ3v) is 8.85. The van der Waals surface area contributed by atoms with E-state index in [0.29, 0.717) is 49.6 Å². The van der Waals surface area contributed by atoms with Crippen molar-refractivity contribution in [3.8, 4) is 11.4 Å². The normalized spacial score (nSPS) is 19.5. The van der Waals surface area contributed by atoms with Gasteiger partial charge in [-0.2, -0.15) is 17.9 Å². The van der Waals surface area contributed by atoms with E-state index < -0.39 is 12.0 Å². The second-order valence-corrected chi connectivity index (χ2v) is 11.6. The Balaban J connectivity index is 1.37. The fourth-order valence-electron chi connectivity index (χ4n) is 6.84. The number of nitrogens with zero attached hydrogens (tertiary/aromatic N) is 7. The molecule has 0 N–H and O–H groups in total. The Kier molecular flexibility index (Phi) is 8.86. The molecule has 0 saturated carbocycles. The van der Waals surface area contributed by atoms with Gasteiger partial charge in [0.15, 0.2) is 0 Å². The highest BCUT2D eigenvalue weighted by Crippen LogP contribution is 2.37. The molecule has 3 heterocycles. The molecule has 2 saturated heterocycles. The zero-order chi connectivity index (χ0) is 31.6. The van der Waals surface area contributed by atoms with Gasteiger partial charge in [0.1, 0.15) is 5.75 Å². The third kappa shape index (κ3) is 6.43. The first kappa shape index (κ1) is 30.7. The quantitative estimate of drug-likeness (QED) is 0.285. The molecule has 0 spiro atoms. The molecule has 2 aliphatic heterocycles. The zero-order valence-corrected chi connectivity index (χ0v) is 25.3. The minimum absolute atomic E-state index is 0.0647. The minimum Gasteiger partial charge on any atom is -0.496 e. The molecule has 1 aromatic heterocycles. The lowest BCUT2D eigenvalue weighted by molar-refractivity contribution is -0.146. The van der Waals surface area contributed by atoms with E-state index in [9.17, 15) is 18.0 Å². The van der Waals surface area contributed by atoms with Gasteiger partial charge >= 0.3 is 6.18 Å². The third-order valence-electron chi connectivity index (χ3n) is 8.85. The van der Waals surface area contributed by atoms with Crippen LogP contribution in [0.15, 0.2) is 78.9 Å². The summed E-state index contributed by atoms with van der Waals surface area (Å²) >= 11 is 0. The molecule has 1 amide bonds. The van der Waals surface area contributed by atoms with Crippen LogP contribution in [0.5, 0.6) is 5.75 Å². The number of hydrogen-bond donors (Lipinski definition) is 0. The lowest BCUT2D eigenvalue weighted by Gasteiger charge is -2.53. The summed E-state index contributed by atoms with van der Waals surface area (Å²) < 4.78 is 47.3. The SMILES string of the molecule is CCC(=O)N1CCN2C(C(c3ccccc3)c3ccccc3)CN(Cc3cc(-n4nnnc4C(F)(F)F)ccc3OC)C[C@@H]2C1. The van der Waals surface area contributed by atoms with E-state index in [1.165, 1.54) is 17.2 Å². The molecule has 2 atom stereocenters. The molecule has 2 fully saturated rings. The van der Waals surface area contributed by atoms with Crippen molar-refractivity contribution in [2.75, 3.05) is 39.8 Å². The van der Waals surface area contributed by atoms with Crippen molar-refractivity contribution in [1.29, 1.82) is 0 Å². The number of fused-ring (bicyclic) bond motifs is 1. The topological polar surface area (TPSA) is 79.6 Å². The number of carbonyl (C=O) groups is 1. The second kappa shape index (κ2) is 13.0. The monoisotopic (exact) mass is 619 g/mol. The van der Waals surface area contributed by atoms with Gasteiger partial charge in [0.25, 0.3) is 5.82 Å². The van der Waals surface area contributed by atoms with Gasteiger partial charge in [-0.25, -0.2) is 0 Å². The zero-order valence-electron chi connectivity index (χ0n) is 25.3. The molecule has 4 aromatic rings. The molecule has 236 valence electrons. The van der Waals surface area contributed by atoms with Crippen molar-refractivity contribution in [3.63, 3.8) is 0 Å². The number of amides is 1. The Hall–Kier alpha value is -4.29. The summed E-state index contributed by atoms with van der Waals surface area (Å²) in [5, 5.41) is 10.1. The lowest BCUT2D eigenvalue weighted by atomic mass is 9.81. The Morgan fingerprint density at radius 1 is 0.956 bits per heavy atom. The number of ether oxygens (including phenoxy) is 1.